The van der Waals surface area contributed by atoms with Crippen molar-refractivity contribution in [2.75, 3.05) is 17.7 Å². The minimum Gasteiger partial charge on any atom is -0.438 e. The molecule has 5 aromatic rings. The molecule has 0 fully saturated rings. The molecular weight excluding hydrogens is 447 g/mol. The zero-order chi connectivity index (χ0) is 23.7. The molecule has 0 aliphatic carbocycles. The molecular formula is C23H16F3N7O. The highest BCUT2D eigenvalue weighted by atomic mass is 19.2. The minimum atomic E-state index is -1.08. The first-order valence-electron chi connectivity index (χ1n) is 10.1. The molecule has 0 unspecified atom stereocenters. The van der Waals surface area contributed by atoms with Gasteiger partial charge in [0.15, 0.2) is 11.6 Å². The number of nitrogens with one attached hydrogen (secondary N) is 3. The van der Waals surface area contributed by atoms with Gasteiger partial charge in [0.1, 0.15) is 17.1 Å². The van der Waals surface area contributed by atoms with Crippen molar-refractivity contribution in [3.8, 4) is 22.9 Å². The lowest BCUT2D eigenvalue weighted by Gasteiger charge is -2.11. The first-order chi connectivity index (χ1) is 16.5. The summed E-state index contributed by atoms with van der Waals surface area (Å²) in [6.45, 7) is 0. The quantitative estimate of drug-likeness (QED) is 0.310. The van der Waals surface area contributed by atoms with Crippen molar-refractivity contribution in [3.05, 3.63) is 78.4 Å². The number of rotatable bonds is 6. The third-order valence-electron chi connectivity index (χ3n) is 4.88. The van der Waals surface area contributed by atoms with Gasteiger partial charge in [-0.3, -0.25) is 0 Å². The van der Waals surface area contributed by atoms with Crippen LogP contribution in [-0.4, -0.2) is 32.0 Å². The second-order valence-electron chi connectivity index (χ2n) is 7.08. The van der Waals surface area contributed by atoms with Crippen molar-refractivity contribution in [1.29, 1.82) is 0 Å². The Kier molecular flexibility index (Phi) is 5.42. The van der Waals surface area contributed by atoms with Crippen LogP contribution in [0.2, 0.25) is 0 Å². The Morgan fingerprint density at radius 3 is 2.62 bits per heavy atom. The van der Waals surface area contributed by atoms with Gasteiger partial charge in [-0.15, -0.1) is 0 Å². The van der Waals surface area contributed by atoms with Gasteiger partial charge >= 0.3 is 0 Å². The number of nitrogens with zero attached hydrogens (tertiary/aromatic N) is 4. The Bertz CT molecular complexity index is 1510. The van der Waals surface area contributed by atoms with E-state index in [4.69, 9.17) is 4.74 Å². The maximum absolute atomic E-state index is 14.8. The number of hydrogen-bond acceptors (Lipinski definition) is 7. The third-order valence-corrected chi connectivity index (χ3v) is 4.88. The fourth-order valence-corrected chi connectivity index (χ4v) is 3.27. The maximum atomic E-state index is 14.8. The summed E-state index contributed by atoms with van der Waals surface area (Å²) >= 11 is 0. The van der Waals surface area contributed by atoms with Gasteiger partial charge in [0.2, 0.25) is 17.8 Å². The molecule has 0 bridgehead atoms. The lowest BCUT2D eigenvalue weighted by Crippen LogP contribution is -1.99. The lowest BCUT2D eigenvalue weighted by atomic mass is 10.2. The molecule has 0 atom stereocenters. The van der Waals surface area contributed by atoms with Crippen LogP contribution >= 0.6 is 0 Å². The molecule has 0 spiro atoms. The van der Waals surface area contributed by atoms with Gasteiger partial charge in [-0.05, 0) is 42.5 Å². The second-order valence-corrected chi connectivity index (χ2v) is 7.08. The molecule has 0 saturated carbocycles. The summed E-state index contributed by atoms with van der Waals surface area (Å²) in [5, 5.41) is 5.59. The van der Waals surface area contributed by atoms with Crippen LogP contribution in [0.15, 0.2) is 60.9 Å². The number of benzene rings is 2. The first kappa shape index (κ1) is 21.2. The van der Waals surface area contributed by atoms with Gasteiger partial charge in [0, 0.05) is 25.5 Å². The monoisotopic (exact) mass is 463 g/mol. The molecule has 0 radical (unpaired) electrons. The van der Waals surface area contributed by atoms with Gasteiger partial charge in [0.05, 0.1) is 22.5 Å². The van der Waals surface area contributed by atoms with Crippen LogP contribution in [0.4, 0.5) is 30.8 Å². The van der Waals surface area contributed by atoms with Crippen molar-refractivity contribution >= 4 is 28.6 Å². The van der Waals surface area contributed by atoms with E-state index >= 15 is 0 Å². The SMILES string of the molecule is CNc1nccc(-c2cccnc2Oc2ccc(Nc3nc4c(F)c(F)ccc4[nH]3)c(F)c2)n1. The molecule has 0 amide bonds. The van der Waals surface area contributed by atoms with Crippen LogP contribution in [0.25, 0.3) is 22.3 Å². The highest BCUT2D eigenvalue weighted by Crippen LogP contribution is 2.32. The number of ether oxygens (including phenoxy) is 1. The van der Waals surface area contributed by atoms with Crippen molar-refractivity contribution in [2.24, 2.45) is 0 Å². The van der Waals surface area contributed by atoms with E-state index < -0.39 is 17.5 Å². The van der Waals surface area contributed by atoms with Crippen LogP contribution in [0, 0.1) is 17.5 Å². The minimum absolute atomic E-state index is 0.0583. The second kappa shape index (κ2) is 8.70. The molecule has 5 rings (SSSR count). The van der Waals surface area contributed by atoms with Crippen LogP contribution in [0.5, 0.6) is 11.6 Å². The molecule has 0 saturated heterocycles. The molecule has 8 nitrogen and oxygen atoms in total. The van der Waals surface area contributed by atoms with E-state index in [1.54, 1.807) is 37.6 Å². The molecule has 3 aromatic heterocycles. The smallest absolute Gasteiger partial charge is 0.228 e. The predicted molar refractivity (Wildman–Crippen MR) is 121 cm³/mol. The number of imidazole rings is 1. The third kappa shape index (κ3) is 4.06. The average molecular weight is 463 g/mol. The zero-order valence-electron chi connectivity index (χ0n) is 17.6. The predicted octanol–water partition coefficient (Wildman–Crippen LogP) is 5.41. The average Bonchev–Trinajstić information content (AvgIpc) is 3.27. The molecule has 170 valence electrons. The highest BCUT2D eigenvalue weighted by Gasteiger charge is 2.15. The van der Waals surface area contributed by atoms with Crippen molar-refractivity contribution in [2.45, 2.75) is 0 Å². The molecule has 2 aromatic carbocycles. The van der Waals surface area contributed by atoms with E-state index in [-0.39, 0.29) is 34.3 Å². The van der Waals surface area contributed by atoms with Crippen molar-refractivity contribution in [1.82, 2.24) is 24.9 Å². The van der Waals surface area contributed by atoms with E-state index in [9.17, 15) is 13.2 Å². The summed E-state index contributed by atoms with van der Waals surface area (Å²) in [6, 6.07) is 11.7. The molecule has 0 aliphatic rings. The standard InChI is InChI=1S/C23H16F3N7O/c1-27-22-29-10-8-16(30-22)13-3-2-9-28-21(13)34-12-4-6-17(15(25)11-12)31-23-32-18-7-5-14(24)19(26)20(18)33-23/h2-11H,1H3,(H,27,29,30)(H2,31,32,33). The van der Waals surface area contributed by atoms with Gasteiger partial charge in [-0.25, -0.2) is 33.1 Å². The fourth-order valence-electron chi connectivity index (χ4n) is 3.27. The number of anilines is 3. The van der Waals surface area contributed by atoms with Crippen molar-refractivity contribution < 1.29 is 17.9 Å². The molecule has 11 heteroatoms. The van der Waals surface area contributed by atoms with E-state index in [0.29, 0.717) is 17.2 Å². The first-order valence-corrected chi connectivity index (χ1v) is 10.1. The van der Waals surface area contributed by atoms with Gasteiger partial charge in [0.25, 0.3) is 0 Å². The fraction of sp³-hybridized carbons (Fsp3) is 0.0435. The number of fused-ring (bicyclic) bond motifs is 1. The molecule has 0 aliphatic heterocycles. The molecule has 34 heavy (non-hydrogen) atoms. The Hall–Kier alpha value is -4.67. The summed E-state index contributed by atoms with van der Waals surface area (Å²) < 4.78 is 47.9. The summed E-state index contributed by atoms with van der Waals surface area (Å²) in [4.78, 5) is 19.4. The summed E-state index contributed by atoms with van der Waals surface area (Å²) in [7, 11) is 1.71. The topological polar surface area (TPSA) is 101 Å². The summed E-state index contributed by atoms with van der Waals surface area (Å²) in [5.74, 6) is -1.83. The number of H-pyrrole nitrogens is 1. The van der Waals surface area contributed by atoms with Gasteiger partial charge < -0.3 is 20.4 Å². The van der Waals surface area contributed by atoms with Crippen LogP contribution in [-0.2, 0) is 0 Å². The number of halogens is 3. The number of aromatic nitrogens is 5. The Labute approximate surface area is 190 Å². The summed E-state index contributed by atoms with van der Waals surface area (Å²) in [6.07, 6.45) is 3.15. The van der Waals surface area contributed by atoms with Gasteiger partial charge in [-0.1, -0.05) is 0 Å². The number of pyridine rings is 1. The van der Waals surface area contributed by atoms with Crippen molar-refractivity contribution in [3.63, 3.8) is 0 Å². The van der Waals surface area contributed by atoms with Crippen LogP contribution in [0.1, 0.15) is 0 Å². The Morgan fingerprint density at radius 1 is 0.912 bits per heavy atom. The normalized spacial score (nSPS) is 10.9. The van der Waals surface area contributed by atoms with Gasteiger partial charge in [-0.2, -0.15) is 0 Å². The van der Waals surface area contributed by atoms with E-state index in [1.165, 1.54) is 24.3 Å². The summed E-state index contributed by atoms with van der Waals surface area (Å²) in [5.41, 5.74) is 1.32. The van der Waals surface area contributed by atoms with E-state index in [1.807, 2.05) is 0 Å². The Morgan fingerprint density at radius 2 is 1.79 bits per heavy atom. The number of aromatic amines is 1. The van der Waals surface area contributed by atoms with E-state index in [2.05, 4.69) is 35.6 Å². The zero-order valence-corrected chi connectivity index (χ0v) is 17.6. The molecule has 3 N–H and O–H groups in total. The molecule has 3 heterocycles. The largest absolute Gasteiger partial charge is 0.438 e. The number of hydrogen-bond donors (Lipinski definition) is 3. The lowest BCUT2D eigenvalue weighted by molar-refractivity contribution is 0.460. The van der Waals surface area contributed by atoms with E-state index in [0.717, 1.165) is 6.07 Å². The Balaban J connectivity index is 1.39. The van der Waals surface area contributed by atoms with Crippen LogP contribution < -0.4 is 15.4 Å². The maximum Gasteiger partial charge on any atom is 0.228 e. The highest BCUT2D eigenvalue weighted by molar-refractivity contribution is 5.79. The van der Waals surface area contributed by atoms with Crippen LogP contribution in [0.3, 0.4) is 0 Å².